The Morgan fingerprint density at radius 2 is 2.38 bits per heavy atom. The quantitative estimate of drug-likeness (QED) is 0.814. The summed E-state index contributed by atoms with van der Waals surface area (Å²) in [5.74, 6) is 0.456. The highest BCUT2D eigenvalue weighted by atomic mass is 79.9. The van der Waals surface area contributed by atoms with Gasteiger partial charge in [0.2, 0.25) is 4.73 Å². The van der Waals surface area contributed by atoms with E-state index in [9.17, 15) is 4.79 Å². The number of ether oxygens (including phenoxy) is 2. The number of halogens is 1. The Hall–Kier alpha value is -1.67. The summed E-state index contributed by atoms with van der Waals surface area (Å²) in [5, 5.41) is 4.17. The minimum atomic E-state index is -0.0584. The van der Waals surface area contributed by atoms with Crippen LogP contribution >= 0.6 is 15.9 Å². The van der Waals surface area contributed by atoms with Crippen LogP contribution in [0.25, 0.3) is 5.65 Å². The third-order valence-electron chi connectivity index (χ3n) is 3.37. The molecule has 1 fully saturated rings. The Morgan fingerprint density at radius 3 is 3.10 bits per heavy atom. The summed E-state index contributed by atoms with van der Waals surface area (Å²) in [4.78, 5) is 18.6. The molecule has 7 nitrogen and oxygen atoms in total. The number of pyridine rings is 1. The van der Waals surface area contributed by atoms with Gasteiger partial charge in [-0.1, -0.05) is 0 Å². The number of methoxy groups -OCH3 is 1. The molecule has 0 aliphatic carbocycles. The number of rotatable bonds is 2. The number of carbonyl (C=O) groups is 1. The van der Waals surface area contributed by atoms with Crippen molar-refractivity contribution >= 4 is 27.5 Å². The van der Waals surface area contributed by atoms with E-state index in [-0.39, 0.29) is 12.0 Å². The molecule has 3 rings (SSSR count). The van der Waals surface area contributed by atoms with E-state index in [1.54, 1.807) is 28.8 Å². The molecule has 3 heterocycles. The molecule has 0 radical (unpaired) electrons. The first-order valence-corrected chi connectivity index (χ1v) is 7.38. The van der Waals surface area contributed by atoms with E-state index in [0.717, 1.165) is 0 Å². The molecule has 1 unspecified atom stereocenters. The maximum Gasteiger partial charge on any atom is 0.255 e. The number of aromatic nitrogens is 3. The van der Waals surface area contributed by atoms with Gasteiger partial charge in [-0.05, 0) is 28.9 Å². The molecule has 0 saturated carbocycles. The van der Waals surface area contributed by atoms with Crippen molar-refractivity contribution in [2.24, 2.45) is 0 Å². The molecular weight excluding hydrogens is 340 g/mol. The van der Waals surface area contributed by atoms with Crippen molar-refractivity contribution < 1.29 is 14.3 Å². The second-order valence-electron chi connectivity index (χ2n) is 4.88. The average molecular weight is 355 g/mol. The van der Waals surface area contributed by atoms with Gasteiger partial charge in [0.05, 0.1) is 25.4 Å². The topological polar surface area (TPSA) is 69.0 Å². The standard InChI is InChI=1S/C13H15BrN4O3/c1-8-6-17(3-4-21-8)12(19)9-5-10(20-2)11-15-13(14)16-18(11)7-9/h5,7-8H,3-4,6H2,1-2H3. The minimum Gasteiger partial charge on any atom is -0.493 e. The Balaban J connectivity index is 1.97. The van der Waals surface area contributed by atoms with E-state index in [1.807, 2.05) is 6.92 Å². The first-order valence-electron chi connectivity index (χ1n) is 6.59. The fourth-order valence-electron chi connectivity index (χ4n) is 2.38. The lowest BCUT2D eigenvalue weighted by molar-refractivity contribution is -0.0124. The van der Waals surface area contributed by atoms with Crippen LogP contribution in [0.5, 0.6) is 5.75 Å². The van der Waals surface area contributed by atoms with Gasteiger partial charge in [-0.2, -0.15) is 4.98 Å². The van der Waals surface area contributed by atoms with Gasteiger partial charge in [0.25, 0.3) is 5.91 Å². The van der Waals surface area contributed by atoms with Crippen LogP contribution in [0.15, 0.2) is 17.0 Å². The highest BCUT2D eigenvalue weighted by molar-refractivity contribution is 9.10. The van der Waals surface area contributed by atoms with Crippen molar-refractivity contribution in [1.82, 2.24) is 19.5 Å². The lowest BCUT2D eigenvalue weighted by atomic mass is 10.2. The molecule has 1 aliphatic heterocycles. The van der Waals surface area contributed by atoms with Gasteiger partial charge in [-0.15, -0.1) is 5.10 Å². The largest absolute Gasteiger partial charge is 0.493 e. The number of amides is 1. The normalized spacial score (nSPS) is 19.0. The van der Waals surface area contributed by atoms with Gasteiger partial charge >= 0.3 is 0 Å². The van der Waals surface area contributed by atoms with Crippen molar-refractivity contribution in [1.29, 1.82) is 0 Å². The van der Waals surface area contributed by atoms with Gasteiger partial charge in [-0.25, -0.2) is 4.52 Å². The van der Waals surface area contributed by atoms with Crippen molar-refractivity contribution in [2.75, 3.05) is 26.8 Å². The number of fused-ring (bicyclic) bond motifs is 1. The fourth-order valence-corrected chi connectivity index (χ4v) is 2.72. The van der Waals surface area contributed by atoms with Crippen LogP contribution in [-0.2, 0) is 4.74 Å². The van der Waals surface area contributed by atoms with E-state index < -0.39 is 0 Å². The number of morpholine rings is 1. The SMILES string of the molecule is COc1cc(C(=O)N2CCOC(C)C2)cn2nc(Br)nc12. The second-order valence-corrected chi connectivity index (χ2v) is 5.59. The van der Waals surface area contributed by atoms with Crippen LogP contribution in [0.1, 0.15) is 17.3 Å². The van der Waals surface area contributed by atoms with Crippen molar-refractivity contribution in [3.8, 4) is 5.75 Å². The van der Waals surface area contributed by atoms with E-state index in [2.05, 4.69) is 26.0 Å². The number of nitrogens with zero attached hydrogens (tertiary/aromatic N) is 4. The van der Waals surface area contributed by atoms with E-state index in [1.165, 1.54) is 0 Å². The molecule has 1 amide bonds. The zero-order chi connectivity index (χ0) is 15.0. The first-order chi connectivity index (χ1) is 10.1. The second kappa shape index (κ2) is 5.61. The van der Waals surface area contributed by atoms with Crippen LogP contribution in [0.2, 0.25) is 0 Å². The number of carbonyl (C=O) groups excluding carboxylic acids is 1. The van der Waals surface area contributed by atoms with E-state index >= 15 is 0 Å². The third kappa shape index (κ3) is 2.73. The maximum absolute atomic E-state index is 12.6. The van der Waals surface area contributed by atoms with Gasteiger partial charge in [0.15, 0.2) is 11.4 Å². The smallest absolute Gasteiger partial charge is 0.255 e. The summed E-state index contributed by atoms with van der Waals surface area (Å²) in [5.41, 5.74) is 1.09. The van der Waals surface area contributed by atoms with Gasteiger partial charge < -0.3 is 14.4 Å². The lowest BCUT2D eigenvalue weighted by Crippen LogP contribution is -2.44. The monoisotopic (exact) mass is 354 g/mol. The van der Waals surface area contributed by atoms with Crippen LogP contribution in [0.4, 0.5) is 0 Å². The van der Waals surface area contributed by atoms with E-state index in [0.29, 0.717) is 41.4 Å². The van der Waals surface area contributed by atoms with Gasteiger partial charge in [0, 0.05) is 19.3 Å². The van der Waals surface area contributed by atoms with E-state index in [4.69, 9.17) is 9.47 Å². The van der Waals surface area contributed by atoms with Crippen molar-refractivity contribution in [2.45, 2.75) is 13.0 Å². The molecule has 8 heteroatoms. The van der Waals surface area contributed by atoms with Crippen LogP contribution in [-0.4, -0.2) is 58.3 Å². The van der Waals surface area contributed by atoms with Crippen molar-refractivity contribution in [3.63, 3.8) is 0 Å². The average Bonchev–Trinajstić information content (AvgIpc) is 2.85. The molecule has 1 aliphatic rings. The summed E-state index contributed by atoms with van der Waals surface area (Å²) >= 11 is 3.22. The summed E-state index contributed by atoms with van der Waals surface area (Å²) < 4.78 is 12.8. The predicted octanol–water partition coefficient (Wildman–Crippen LogP) is 1.36. The molecule has 21 heavy (non-hydrogen) atoms. The molecule has 1 saturated heterocycles. The summed E-state index contributed by atoms with van der Waals surface area (Å²) in [6.45, 7) is 3.68. The third-order valence-corrected chi connectivity index (χ3v) is 3.70. The molecule has 112 valence electrons. The molecular formula is C13H15BrN4O3. The van der Waals surface area contributed by atoms with Crippen LogP contribution in [0.3, 0.4) is 0 Å². The zero-order valence-corrected chi connectivity index (χ0v) is 13.3. The molecule has 2 aromatic heterocycles. The minimum absolute atomic E-state index is 0.0499. The summed E-state index contributed by atoms with van der Waals surface area (Å²) in [6.07, 6.45) is 1.71. The molecule has 0 N–H and O–H groups in total. The number of hydrogen-bond donors (Lipinski definition) is 0. The summed E-state index contributed by atoms with van der Waals surface area (Å²) in [7, 11) is 1.54. The number of hydrogen-bond acceptors (Lipinski definition) is 5. The Bertz CT molecular complexity index is 687. The lowest BCUT2D eigenvalue weighted by Gasteiger charge is -2.31. The Kier molecular flexibility index (Phi) is 3.81. The summed E-state index contributed by atoms with van der Waals surface area (Å²) in [6, 6.07) is 1.69. The zero-order valence-electron chi connectivity index (χ0n) is 11.7. The van der Waals surface area contributed by atoms with Crippen LogP contribution < -0.4 is 4.74 Å². The van der Waals surface area contributed by atoms with Gasteiger partial charge in [0.1, 0.15) is 0 Å². The fraction of sp³-hybridized carbons (Fsp3) is 0.462. The van der Waals surface area contributed by atoms with Crippen LogP contribution in [0, 0.1) is 0 Å². The maximum atomic E-state index is 12.6. The molecule has 0 aromatic carbocycles. The van der Waals surface area contributed by atoms with Crippen molar-refractivity contribution in [3.05, 3.63) is 22.6 Å². The first kappa shape index (κ1) is 14.3. The highest BCUT2D eigenvalue weighted by Gasteiger charge is 2.24. The highest BCUT2D eigenvalue weighted by Crippen LogP contribution is 2.22. The Labute approximate surface area is 130 Å². The Morgan fingerprint density at radius 1 is 1.57 bits per heavy atom. The predicted molar refractivity (Wildman–Crippen MR) is 78.6 cm³/mol. The molecule has 0 bridgehead atoms. The molecule has 1 atom stereocenters. The molecule has 2 aromatic rings. The van der Waals surface area contributed by atoms with Gasteiger partial charge in [-0.3, -0.25) is 4.79 Å². The molecule has 0 spiro atoms.